The van der Waals surface area contributed by atoms with Gasteiger partial charge in [-0.3, -0.25) is 9.59 Å². The van der Waals surface area contributed by atoms with Crippen LogP contribution in [0.4, 0.5) is 0 Å². The van der Waals surface area contributed by atoms with Crippen LogP contribution in [0.5, 0.6) is 0 Å². The third-order valence-electron chi connectivity index (χ3n) is 5.90. The second kappa shape index (κ2) is 8.21. The lowest BCUT2D eigenvalue weighted by atomic mass is 9.78. The van der Waals surface area contributed by atoms with Gasteiger partial charge in [0.05, 0.1) is 5.41 Å². The van der Waals surface area contributed by atoms with Crippen LogP contribution in [0.25, 0.3) is 0 Å². The standard InChI is InChI=1S/C21H31N3O2/c1-3-24-12-4-10-21(20(24)26)11-14-23(16-21)13-9-19(25)22-15-18-7-5-17(2)6-8-18/h5-8H,3-4,9-16H2,1-2H3,(H,22,25). The molecule has 2 heterocycles. The molecule has 2 fully saturated rings. The van der Waals surface area contributed by atoms with Crippen LogP contribution >= 0.6 is 0 Å². The van der Waals surface area contributed by atoms with Crippen LogP contribution in [-0.4, -0.2) is 54.3 Å². The molecule has 26 heavy (non-hydrogen) atoms. The number of carbonyl (C=O) groups is 2. The zero-order valence-electron chi connectivity index (χ0n) is 16.1. The molecule has 1 aromatic rings. The second-order valence-corrected chi connectivity index (χ2v) is 7.81. The Labute approximate surface area is 156 Å². The minimum Gasteiger partial charge on any atom is -0.352 e. The Bertz CT molecular complexity index is 643. The van der Waals surface area contributed by atoms with Crippen molar-refractivity contribution < 1.29 is 9.59 Å². The molecule has 2 amide bonds. The zero-order chi connectivity index (χ0) is 18.6. The van der Waals surface area contributed by atoms with Crippen molar-refractivity contribution in [3.63, 3.8) is 0 Å². The Hall–Kier alpha value is -1.88. The van der Waals surface area contributed by atoms with Crippen LogP contribution in [0.1, 0.15) is 43.7 Å². The van der Waals surface area contributed by atoms with E-state index in [1.54, 1.807) is 0 Å². The number of likely N-dealkylation sites (tertiary alicyclic amines) is 2. The fourth-order valence-corrected chi connectivity index (χ4v) is 4.24. The lowest BCUT2D eigenvalue weighted by molar-refractivity contribution is -0.145. The van der Waals surface area contributed by atoms with Crippen LogP contribution in [0, 0.1) is 12.3 Å². The molecule has 1 unspecified atom stereocenters. The van der Waals surface area contributed by atoms with E-state index in [2.05, 4.69) is 36.2 Å². The van der Waals surface area contributed by atoms with Crippen molar-refractivity contribution in [2.75, 3.05) is 32.7 Å². The molecule has 0 aliphatic carbocycles. The SMILES string of the molecule is CCN1CCCC2(CCN(CCC(=O)NCc3ccc(C)cc3)C2)C1=O. The number of nitrogens with zero attached hydrogens (tertiary/aromatic N) is 2. The summed E-state index contributed by atoms with van der Waals surface area (Å²) in [6.45, 7) is 8.88. The first kappa shape index (κ1) is 18.9. The largest absolute Gasteiger partial charge is 0.352 e. The molecule has 0 radical (unpaired) electrons. The molecule has 5 nitrogen and oxygen atoms in total. The third-order valence-corrected chi connectivity index (χ3v) is 5.90. The average molecular weight is 357 g/mol. The van der Waals surface area contributed by atoms with Gasteiger partial charge in [-0.2, -0.15) is 0 Å². The minimum absolute atomic E-state index is 0.0803. The van der Waals surface area contributed by atoms with Crippen molar-refractivity contribution in [1.82, 2.24) is 15.1 Å². The first-order valence-electron chi connectivity index (χ1n) is 9.86. The number of nitrogens with one attached hydrogen (secondary N) is 1. The number of hydrogen-bond acceptors (Lipinski definition) is 3. The molecule has 2 saturated heterocycles. The molecule has 2 aliphatic heterocycles. The highest BCUT2D eigenvalue weighted by atomic mass is 16.2. The van der Waals surface area contributed by atoms with Crippen LogP contribution in [0.2, 0.25) is 0 Å². The highest BCUT2D eigenvalue weighted by molar-refractivity contribution is 5.84. The summed E-state index contributed by atoms with van der Waals surface area (Å²) < 4.78 is 0. The maximum absolute atomic E-state index is 12.8. The second-order valence-electron chi connectivity index (χ2n) is 7.81. The van der Waals surface area contributed by atoms with Crippen LogP contribution < -0.4 is 5.32 Å². The monoisotopic (exact) mass is 357 g/mol. The molecule has 0 bridgehead atoms. The molecular formula is C21H31N3O2. The Balaban J connectivity index is 1.43. The first-order valence-corrected chi connectivity index (χ1v) is 9.86. The number of rotatable bonds is 6. The van der Waals surface area contributed by atoms with Crippen LogP contribution in [-0.2, 0) is 16.1 Å². The summed E-state index contributed by atoms with van der Waals surface area (Å²) >= 11 is 0. The van der Waals surface area contributed by atoms with Gasteiger partial charge in [0.25, 0.3) is 0 Å². The van der Waals surface area contributed by atoms with E-state index in [0.29, 0.717) is 18.9 Å². The van der Waals surface area contributed by atoms with Gasteiger partial charge >= 0.3 is 0 Å². The number of benzene rings is 1. The summed E-state index contributed by atoms with van der Waals surface area (Å²) in [4.78, 5) is 29.2. The molecule has 5 heteroatoms. The molecule has 142 valence electrons. The molecule has 3 rings (SSSR count). The van der Waals surface area contributed by atoms with E-state index >= 15 is 0 Å². The van der Waals surface area contributed by atoms with Crippen LogP contribution in [0.15, 0.2) is 24.3 Å². The topological polar surface area (TPSA) is 52.6 Å². The van der Waals surface area contributed by atoms with Gasteiger partial charge in [-0.1, -0.05) is 29.8 Å². The lowest BCUT2D eigenvalue weighted by Gasteiger charge is -2.39. The Kier molecular flexibility index (Phi) is 5.97. The van der Waals surface area contributed by atoms with Gasteiger partial charge in [0.2, 0.25) is 11.8 Å². The maximum Gasteiger partial charge on any atom is 0.230 e. The normalized spacial score (nSPS) is 23.6. The zero-order valence-corrected chi connectivity index (χ0v) is 16.1. The van der Waals surface area contributed by atoms with Gasteiger partial charge < -0.3 is 15.1 Å². The smallest absolute Gasteiger partial charge is 0.230 e. The van der Waals surface area contributed by atoms with Crippen molar-refractivity contribution in [3.05, 3.63) is 35.4 Å². The van der Waals surface area contributed by atoms with E-state index in [9.17, 15) is 9.59 Å². The van der Waals surface area contributed by atoms with Crippen molar-refractivity contribution in [3.8, 4) is 0 Å². The molecule has 1 atom stereocenters. The number of piperidine rings is 1. The summed E-state index contributed by atoms with van der Waals surface area (Å²) in [7, 11) is 0. The van der Waals surface area contributed by atoms with Gasteiger partial charge in [0, 0.05) is 39.1 Å². The summed E-state index contributed by atoms with van der Waals surface area (Å²) in [6, 6.07) is 8.22. The lowest BCUT2D eigenvalue weighted by Crippen LogP contribution is -2.50. The van der Waals surface area contributed by atoms with E-state index in [-0.39, 0.29) is 11.3 Å². The maximum atomic E-state index is 12.8. The quantitative estimate of drug-likeness (QED) is 0.850. The Morgan fingerprint density at radius 2 is 1.96 bits per heavy atom. The van der Waals surface area contributed by atoms with Gasteiger partial charge in [-0.05, 0) is 45.2 Å². The third kappa shape index (κ3) is 4.26. The molecule has 1 N–H and O–H groups in total. The number of carbonyl (C=O) groups excluding carboxylic acids is 2. The summed E-state index contributed by atoms with van der Waals surface area (Å²) in [5, 5.41) is 3.00. The van der Waals surface area contributed by atoms with Crippen molar-refractivity contribution in [2.45, 2.75) is 46.1 Å². The molecule has 1 spiro atoms. The molecule has 0 saturated carbocycles. The molecular weight excluding hydrogens is 326 g/mol. The Morgan fingerprint density at radius 3 is 2.69 bits per heavy atom. The van der Waals surface area contributed by atoms with E-state index in [4.69, 9.17) is 0 Å². The van der Waals surface area contributed by atoms with Crippen molar-refractivity contribution in [1.29, 1.82) is 0 Å². The summed E-state index contributed by atoms with van der Waals surface area (Å²) in [6.07, 6.45) is 3.53. The van der Waals surface area contributed by atoms with Gasteiger partial charge in [-0.15, -0.1) is 0 Å². The summed E-state index contributed by atoms with van der Waals surface area (Å²) in [5.74, 6) is 0.411. The fraction of sp³-hybridized carbons (Fsp3) is 0.619. The van der Waals surface area contributed by atoms with E-state index in [0.717, 1.165) is 57.5 Å². The molecule has 1 aromatic carbocycles. The highest BCUT2D eigenvalue weighted by Crippen LogP contribution is 2.39. The van der Waals surface area contributed by atoms with Gasteiger partial charge in [0.1, 0.15) is 0 Å². The minimum atomic E-state index is -0.188. The van der Waals surface area contributed by atoms with E-state index in [1.807, 2.05) is 17.0 Å². The summed E-state index contributed by atoms with van der Waals surface area (Å²) in [5.41, 5.74) is 2.16. The highest BCUT2D eigenvalue weighted by Gasteiger charge is 2.47. The first-order chi connectivity index (χ1) is 12.5. The van der Waals surface area contributed by atoms with Gasteiger partial charge in [0.15, 0.2) is 0 Å². The predicted molar refractivity (Wildman–Crippen MR) is 103 cm³/mol. The van der Waals surface area contributed by atoms with E-state index < -0.39 is 0 Å². The van der Waals surface area contributed by atoms with Crippen LogP contribution in [0.3, 0.4) is 0 Å². The number of aryl methyl sites for hydroxylation is 1. The van der Waals surface area contributed by atoms with Gasteiger partial charge in [-0.25, -0.2) is 0 Å². The number of hydrogen-bond donors (Lipinski definition) is 1. The molecule has 0 aromatic heterocycles. The number of amides is 2. The van der Waals surface area contributed by atoms with E-state index in [1.165, 1.54) is 5.56 Å². The average Bonchev–Trinajstić information content (AvgIpc) is 3.06. The Morgan fingerprint density at radius 1 is 1.19 bits per heavy atom. The fourth-order valence-electron chi connectivity index (χ4n) is 4.24. The predicted octanol–water partition coefficient (Wildman–Crippen LogP) is 2.34. The van der Waals surface area contributed by atoms with Crippen molar-refractivity contribution in [2.24, 2.45) is 5.41 Å². The van der Waals surface area contributed by atoms with Crippen molar-refractivity contribution >= 4 is 11.8 Å². The molecule has 2 aliphatic rings.